The van der Waals surface area contributed by atoms with Crippen molar-refractivity contribution in [3.8, 4) is 5.75 Å². The summed E-state index contributed by atoms with van der Waals surface area (Å²) >= 11 is 0. The van der Waals surface area contributed by atoms with Gasteiger partial charge in [-0.05, 0) is 42.7 Å². The molecule has 0 radical (unpaired) electrons. The molecule has 0 N–H and O–H groups in total. The van der Waals surface area contributed by atoms with E-state index >= 15 is 0 Å². The van der Waals surface area contributed by atoms with Gasteiger partial charge in [-0.15, -0.1) is 0 Å². The normalized spacial score (nSPS) is 17.5. The number of ether oxygens (including phenoxy) is 1. The van der Waals surface area contributed by atoms with Crippen LogP contribution in [-0.2, 0) is 23.2 Å². The molecule has 1 aliphatic heterocycles. The maximum Gasteiger partial charge on any atom is 0.261 e. The van der Waals surface area contributed by atoms with Crippen LogP contribution < -0.4 is 10.3 Å². The van der Waals surface area contributed by atoms with Gasteiger partial charge in [-0.1, -0.05) is 24.3 Å². The van der Waals surface area contributed by atoms with Gasteiger partial charge >= 0.3 is 0 Å². The summed E-state index contributed by atoms with van der Waals surface area (Å²) in [4.78, 5) is 33.0. The van der Waals surface area contributed by atoms with Gasteiger partial charge in [0.05, 0.1) is 23.4 Å². The van der Waals surface area contributed by atoms with E-state index < -0.39 is 5.41 Å². The van der Waals surface area contributed by atoms with Crippen molar-refractivity contribution in [1.29, 1.82) is 0 Å². The van der Waals surface area contributed by atoms with E-state index in [0.717, 1.165) is 35.5 Å². The van der Waals surface area contributed by atoms with Crippen molar-refractivity contribution in [2.75, 3.05) is 20.2 Å². The van der Waals surface area contributed by atoms with Crippen molar-refractivity contribution in [3.63, 3.8) is 0 Å². The molecule has 5 rings (SSSR count). The van der Waals surface area contributed by atoms with Crippen LogP contribution in [0.2, 0.25) is 0 Å². The second-order valence-corrected chi connectivity index (χ2v) is 7.85. The Morgan fingerprint density at radius 2 is 1.79 bits per heavy atom. The van der Waals surface area contributed by atoms with E-state index in [0.29, 0.717) is 31.4 Å². The summed E-state index contributed by atoms with van der Waals surface area (Å²) in [6, 6.07) is 15.2. The highest BCUT2D eigenvalue weighted by molar-refractivity contribution is 5.91. The summed E-state index contributed by atoms with van der Waals surface area (Å²) in [6.45, 7) is 1.60. The lowest BCUT2D eigenvalue weighted by atomic mass is 9.94. The molecule has 1 aromatic heterocycles. The molecule has 1 amide bonds. The topological polar surface area (TPSA) is 64.4 Å². The molecule has 1 aliphatic carbocycles. The number of nitrogens with zero attached hydrogens (tertiary/aromatic N) is 3. The molecule has 0 saturated heterocycles. The molecule has 2 aromatic carbocycles. The van der Waals surface area contributed by atoms with Gasteiger partial charge in [0.1, 0.15) is 11.6 Å². The molecule has 3 aromatic rings. The van der Waals surface area contributed by atoms with Crippen LogP contribution in [-0.4, -0.2) is 40.6 Å². The van der Waals surface area contributed by atoms with Gasteiger partial charge in [0, 0.05) is 26.1 Å². The highest BCUT2D eigenvalue weighted by Gasteiger charge is 2.53. The first-order chi connectivity index (χ1) is 14.1. The average Bonchev–Trinajstić information content (AvgIpc) is 3.58. The first-order valence-corrected chi connectivity index (χ1v) is 10.0. The average molecular weight is 389 g/mol. The van der Waals surface area contributed by atoms with Crippen molar-refractivity contribution >= 4 is 16.8 Å². The number of para-hydroxylation sites is 1. The molecule has 0 bridgehead atoms. The van der Waals surface area contributed by atoms with Gasteiger partial charge in [0.2, 0.25) is 5.91 Å². The van der Waals surface area contributed by atoms with E-state index in [1.54, 1.807) is 11.7 Å². The van der Waals surface area contributed by atoms with E-state index in [4.69, 9.17) is 9.72 Å². The van der Waals surface area contributed by atoms with Gasteiger partial charge < -0.3 is 9.64 Å². The zero-order valence-electron chi connectivity index (χ0n) is 16.4. The Hall–Kier alpha value is -3.15. The summed E-state index contributed by atoms with van der Waals surface area (Å²) in [5.74, 6) is 1.71. The number of rotatable bonds is 3. The summed E-state index contributed by atoms with van der Waals surface area (Å²) in [6.07, 6.45) is 2.32. The summed E-state index contributed by atoms with van der Waals surface area (Å²) in [5.41, 5.74) is 1.33. The Kier molecular flexibility index (Phi) is 4.15. The zero-order valence-corrected chi connectivity index (χ0v) is 16.4. The number of aromatic nitrogens is 2. The Bertz CT molecular complexity index is 1150. The minimum atomic E-state index is -0.425. The van der Waals surface area contributed by atoms with E-state index in [9.17, 15) is 9.59 Å². The van der Waals surface area contributed by atoms with Crippen molar-refractivity contribution in [2.45, 2.75) is 31.2 Å². The Balaban J connectivity index is 1.42. The van der Waals surface area contributed by atoms with Crippen molar-refractivity contribution in [1.82, 2.24) is 14.5 Å². The lowest BCUT2D eigenvalue weighted by Crippen LogP contribution is -2.41. The molecule has 0 spiro atoms. The van der Waals surface area contributed by atoms with Gasteiger partial charge in [0.25, 0.3) is 5.56 Å². The second kappa shape index (κ2) is 6.72. The lowest BCUT2D eigenvalue weighted by Gasteiger charge is -2.26. The summed E-state index contributed by atoms with van der Waals surface area (Å²) in [7, 11) is 1.64. The zero-order chi connectivity index (χ0) is 20.0. The number of benzene rings is 2. The third-order valence-corrected chi connectivity index (χ3v) is 6.23. The fraction of sp³-hybridized carbons (Fsp3) is 0.348. The number of hydrogen-bond donors (Lipinski definition) is 0. The number of amides is 1. The molecule has 6 heteroatoms. The number of carbonyl (C=O) groups is 1. The predicted molar refractivity (Wildman–Crippen MR) is 110 cm³/mol. The van der Waals surface area contributed by atoms with E-state index in [1.165, 1.54) is 0 Å². The fourth-order valence-corrected chi connectivity index (χ4v) is 4.37. The Labute approximate surface area is 168 Å². The van der Waals surface area contributed by atoms with Gasteiger partial charge in [-0.2, -0.15) is 0 Å². The first kappa shape index (κ1) is 17.9. The molecular formula is C23H23N3O3. The molecule has 6 nitrogen and oxygen atoms in total. The number of carbonyl (C=O) groups excluding carboxylic acids is 1. The van der Waals surface area contributed by atoms with E-state index in [1.807, 2.05) is 53.4 Å². The maximum atomic E-state index is 13.4. The molecular weight excluding hydrogens is 366 g/mol. The van der Waals surface area contributed by atoms with Crippen LogP contribution in [0.3, 0.4) is 0 Å². The van der Waals surface area contributed by atoms with Crippen LogP contribution >= 0.6 is 0 Å². The monoisotopic (exact) mass is 389 g/mol. The van der Waals surface area contributed by atoms with Gasteiger partial charge in [0.15, 0.2) is 0 Å². The molecule has 1 saturated carbocycles. The Morgan fingerprint density at radius 3 is 2.52 bits per heavy atom. The van der Waals surface area contributed by atoms with Crippen LogP contribution in [0.5, 0.6) is 5.75 Å². The van der Waals surface area contributed by atoms with Crippen LogP contribution in [0.15, 0.2) is 53.3 Å². The molecule has 1 fully saturated rings. The van der Waals surface area contributed by atoms with E-state index in [-0.39, 0.29) is 11.5 Å². The van der Waals surface area contributed by atoms with Crippen LogP contribution in [0.25, 0.3) is 10.9 Å². The highest BCUT2D eigenvalue weighted by Crippen LogP contribution is 2.50. The molecule has 2 heterocycles. The minimum Gasteiger partial charge on any atom is -0.497 e. The van der Waals surface area contributed by atoms with Crippen molar-refractivity contribution in [2.24, 2.45) is 0 Å². The molecule has 0 unspecified atom stereocenters. The second-order valence-electron chi connectivity index (χ2n) is 7.85. The molecule has 0 atom stereocenters. The van der Waals surface area contributed by atoms with Crippen LogP contribution in [0.1, 0.15) is 24.2 Å². The van der Waals surface area contributed by atoms with Crippen molar-refractivity contribution in [3.05, 3.63) is 70.3 Å². The first-order valence-electron chi connectivity index (χ1n) is 10.0. The van der Waals surface area contributed by atoms with E-state index in [2.05, 4.69) is 0 Å². The van der Waals surface area contributed by atoms with Crippen molar-refractivity contribution < 1.29 is 9.53 Å². The summed E-state index contributed by atoms with van der Waals surface area (Å²) in [5, 5.41) is 0.632. The molecule has 148 valence electrons. The molecule has 29 heavy (non-hydrogen) atoms. The Morgan fingerprint density at radius 1 is 1.03 bits per heavy atom. The van der Waals surface area contributed by atoms with Crippen LogP contribution in [0, 0.1) is 0 Å². The van der Waals surface area contributed by atoms with Gasteiger partial charge in [-0.3, -0.25) is 14.2 Å². The lowest BCUT2D eigenvalue weighted by molar-refractivity contribution is -0.134. The number of hydrogen-bond acceptors (Lipinski definition) is 4. The number of fused-ring (bicyclic) bond motifs is 2. The van der Waals surface area contributed by atoms with Gasteiger partial charge in [-0.25, -0.2) is 4.98 Å². The molecule has 2 aliphatic rings. The maximum absolute atomic E-state index is 13.4. The largest absolute Gasteiger partial charge is 0.497 e. The third kappa shape index (κ3) is 2.90. The standard InChI is InChI=1S/C23H23N3O3/c1-29-17-8-6-16(7-9-17)23(11-12-23)22(28)25-13-10-20-24-19-5-3-2-4-18(19)21(27)26(20)15-14-25/h2-9H,10-15H2,1H3. The SMILES string of the molecule is COc1ccc(C2(C(=O)N3CCc4nc5ccccc5c(=O)n4CC3)CC2)cc1. The third-order valence-electron chi connectivity index (χ3n) is 6.23. The highest BCUT2D eigenvalue weighted by atomic mass is 16.5. The smallest absolute Gasteiger partial charge is 0.261 e. The predicted octanol–water partition coefficient (Wildman–Crippen LogP) is 2.52. The number of methoxy groups -OCH3 is 1. The fourth-order valence-electron chi connectivity index (χ4n) is 4.37. The minimum absolute atomic E-state index is 0.0174. The summed E-state index contributed by atoms with van der Waals surface area (Å²) < 4.78 is 6.98. The quantitative estimate of drug-likeness (QED) is 0.691. The van der Waals surface area contributed by atoms with Crippen LogP contribution in [0.4, 0.5) is 0 Å².